The molecule has 0 amide bonds. The molecule has 0 radical (unpaired) electrons. The highest BCUT2D eigenvalue weighted by molar-refractivity contribution is 5.34. The van der Waals surface area contributed by atoms with Gasteiger partial charge in [-0.1, -0.05) is 57.6 Å². The maximum atomic E-state index is 14.4. The second kappa shape index (κ2) is 10.9. The number of hydrogen-bond acceptors (Lipinski definition) is 2. The molecule has 34 heavy (non-hydrogen) atoms. The minimum absolute atomic E-state index is 0.0494. The van der Waals surface area contributed by atoms with Gasteiger partial charge in [-0.3, -0.25) is 0 Å². The Morgan fingerprint density at radius 3 is 1.82 bits per heavy atom. The Morgan fingerprint density at radius 1 is 0.794 bits per heavy atom. The largest absolute Gasteiger partial charge is 0.573 e. The molecule has 1 aliphatic carbocycles. The standard InChI is InChI=1S/C25H27F7O2/c1-2-3-16-4-6-17(7-5-16)8-9-18-10-12-20(13-11-18)33-24(28,29)19-14-21(26)23(22(27)15-19)34-25(30,31)32/h10-17H,2-9H2,1H3. The van der Waals surface area contributed by atoms with Crippen molar-refractivity contribution in [3.8, 4) is 11.5 Å². The minimum Gasteiger partial charge on any atom is -0.429 e. The molecule has 0 aliphatic heterocycles. The molecule has 1 fully saturated rings. The van der Waals surface area contributed by atoms with Crippen molar-refractivity contribution < 1.29 is 40.2 Å². The van der Waals surface area contributed by atoms with E-state index in [1.54, 1.807) is 12.1 Å². The van der Waals surface area contributed by atoms with E-state index in [1.807, 2.05) is 0 Å². The Bertz CT molecular complexity index is 910. The lowest BCUT2D eigenvalue weighted by atomic mass is 9.78. The molecule has 1 aliphatic rings. The molecule has 0 bridgehead atoms. The van der Waals surface area contributed by atoms with Gasteiger partial charge < -0.3 is 9.47 Å². The van der Waals surface area contributed by atoms with Gasteiger partial charge >= 0.3 is 12.5 Å². The summed E-state index contributed by atoms with van der Waals surface area (Å²) in [5.41, 5.74) is -0.322. The molecule has 188 valence electrons. The van der Waals surface area contributed by atoms with E-state index < -0.39 is 35.4 Å². The zero-order valence-electron chi connectivity index (χ0n) is 18.7. The second-order valence-electron chi connectivity index (χ2n) is 8.79. The second-order valence-corrected chi connectivity index (χ2v) is 8.79. The van der Waals surface area contributed by atoms with Crippen molar-refractivity contribution in [2.45, 2.75) is 70.8 Å². The van der Waals surface area contributed by atoms with Crippen molar-refractivity contribution in [2.75, 3.05) is 0 Å². The Labute approximate surface area is 194 Å². The van der Waals surface area contributed by atoms with Crippen LogP contribution in [0.1, 0.15) is 63.0 Å². The van der Waals surface area contributed by atoms with Crippen LogP contribution in [0.25, 0.3) is 0 Å². The lowest BCUT2D eigenvalue weighted by Crippen LogP contribution is -2.23. The van der Waals surface area contributed by atoms with Crippen LogP contribution >= 0.6 is 0 Å². The summed E-state index contributed by atoms with van der Waals surface area (Å²) in [6.07, 6.45) is -0.327. The average Bonchev–Trinajstić information content (AvgIpc) is 2.76. The van der Waals surface area contributed by atoms with Crippen molar-refractivity contribution in [1.82, 2.24) is 0 Å². The molecule has 0 unspecified atom stereocenters. The monoisotopic (exact) mass is 492 g/mol. The van der Waals surface area contributed by atoms with Gasteiger partial charge in [0.1, 0.15) is 5.75 Å². The molecule has 1 saturated carbocycles. The Morgan fingerprint density at radius 2 is 1.32 bits per heavy atom. The van der Waals surface area contributed by atoms with Gasteiger partial charge in [0, 0.05) is 0 Å². The quantitative estimate of drug-likeness (QED) is 0.327. The molecule has 2 aromatic carbocycles. The highest BCUT2D eigenvalue weighted by atomic mass is 19.4. The summed E-state index contributed by atoms with van der Waals surface area (Å²) >= 11 is 0. The molecule has 0 aromatic heterocycles. The fourth-order valence-corrected chi connectivity index (χ4v) is 4.46. The first-order chi connectivity index (χ1) is 16.0. The van der Waals surface area contributed by atoms with Crippen molar-refractivity contribution in [1.29, 1.82) is 0 Å². The maximum absolute atomic E-state index is 14.4. The number of ether oxygens (including phenoxy) is 2. The summed E-state index contributed by atoms with van der Waals surface area (Å²) < 4.78 is 101. The highest BCUT2D eigenvalue weighted by Gasteiger charge is 2.39. The lowest BCUT2D eigenvalue weighted by Gasteiger charge is -2.28. The molecule has 0 saturated heterocycles. The number of rotatable bonds is 9. The van der Waals surface area contributed by atoms with Gasteiger partial charge in [-0.15, -0.1) is 13.2 Å². The van der Waals surface area contributed by atoms with Gasteiger partial charge in [0.15, 0.2) is 11.6 Å². The van der Waals surface area contributed by atoms with Crippen LogP contribution in [0.5, 0.6) is 11.5 Å². The number of hydrogen-bond donors (Lipinski definition) is 0. The molecule has 2 aromatic rings. The molecule has 2 nitrogen and oxygen atoms in total. The van der Waals surface area contributed by atoms with Crippen LogP contribution in [0, 0.1) is 23.5 Å². The van der Waals surface area contributed by atoms with Crippen LogP contribution in [-0.2, 0) is 12.5 Å². The topological polar surface area (TPSA) is 18.5 Å². The Kier molecular flexibility index (Phi) is 8.36. The smallest absolute Gasteiger partial charge is 0.429 e. The van der Waals surface area contributed by atoms with E-state index in [0.717, 1.165) is 24.3 Å². The first-order valence-electron chi connectivity index (χ1n) is 11.4. The number of benzene rings is 2. The van der Waals surface area contributed by atoms with Crippen LogP contribution in [-0.4, -0.2) is 6.36 Å². The third kappa shape index (κ3) is 7.27. The normalized spacial score (nSPS) is 19.2. The predicted molar refractivity (Wildman–Crippen MR) is 113 cm³/mol. The number of halogens is 7. The average molecular weight is 492 g/mol. The summed E-state index contributed by atoms with van der Waals surface area (Å²) in [6, 6.07) is 6.05. The number of aryl methyl sites for hydroxylation is 1. The van der Waals surface area contributed by atoms with Gasteiger partial charge in [-0.2, -0.15) is 8.78 Å². The van der Waals surface area contributed by atoms with Crippen molar-refractivity contribution in [3.05, 3.63) is 59.2 Å². The summed E-state index contributed by atoms with van der Waals surface area (Å²) in [5.74, 6) is -4.41. The van der Waals surface area contributed by atoms with E-state index in [2.05, 4.69) is 16.4 Å². The predicted octanol–water partition coefficient (Wildman–Crippen LogP) is 8.53. The number of alkyl halides is 5. The maximum Gasteiger partial charge on any atom is 0.573 e. The van der Waals surface area contributed by atoms with E-state index in [-0.39, 0.29) is 17.9 Å². The lowest BCUT2D eigenvalue weighted by molar-refractivity contribution is -0.276. The summed E-state index contributed by atoms with van der Waals surface area (Å²) in [5, 5.41) is 0. The third-order valence-electron chi connectivity index (χ3n) is 6.23. The van der Waals surface area contributed by atoms with E-state index in [1.165, 1.54) is 50.7 Å². The van der Waals surface area contributed by atoms with Gasteiger partial charge in [-0.05, 0) is 54.5 Å². The summed E-state index contributed by atoms with van der Waals surface area (Å²) in [4.78, 5) is 0. The minimum atomic E-state index is -5.38. The van der Waals surface area contributed by atoms with Crippen LogP contribution in [0.3, 0.4) is 0 Å². The molecule has 0 atom stereocenters. The fourth-order valence-electron chi connectivity index (χ4n) is 4.46. The van der Waals surface area contributed by atoms with Gasteiger partial charge in [-0.25, -0.2) is 8.78 Å². The van der Waals surface area contributed by atoms with E-state index >= 15 is 0 Å². The molecular weight excluding hydrogens is 465 g/mol. The van der Waals surface area contributed by atoms with Crippen molar-refractivity contribution in [2.24, 2.45) is 11.8 Å². The van der Waals surface area contributed by atoms with Crippen molar-refractivity contribution in [3.63, 3.8) is 0 Å². The van der Waals surface area contributed by atoms with Crippen LogP contribution in [0.15, 0.2) is 36.4 Å². The SMILES string of the molecule is CCCC1CCC(CCc2ccc(OC(F)(F)c3cc(F)c(OC(F)(F)F)c(F)c3)cc2)CC1. The third-order valence-corrected chi connectivity index (χ3v) is 6.23. The highest BCUT2D eigenvalue weighted by Crippen LogP contribution is 2.37. The van der Waals surface area contributed by atoms with E-state index in [9.17, 15) is 30.7 Å². The van der Waals surface area contributed by atoms with E-state index in [4.69, 9.17) is 0 Å². The van der Waals surface area contributed by atoms with Crippen molar-refractivity contribution >= 4 is 0 Å². The fraction of sp³-hybridized carbons (Fsp3) is 0.520. The van der Waals surface area contributed by atoms with Crippen LogP contribution in [0.4, 0.5) is 30.7 Å². The summed E-state index contributed by atoms with van der Waals surface area (Å²) in [7, 11) is 0. The molecular formula is C25H27F7O2. The zero-order valence-corrected chi connectivity index (χ0v) is 18.7. The van der Waals surface area contributed by atoms with E-state index in [0.29, 0.717) is 5.92 Å². The first kappa shape index (κ1) is 26.2. The van der Waals surface area contributed by atoms with Crippen LogP contribution < -0.4 is 9.47 Å². The van der Waals surface area contributed by atoms with Gasteiger partial charge in [0.25, 0.3) is 0 Å². The molecule has 3 rings (SSSR count). The molecule has 0 N–H and O–H groups in total. The summed E-state index contributed by atoms with van der Waals surface area (Å²) in [6.45, 7) is 2.20. The van der Waals surface area contributed by atoms with Gasteiger partial charge in [0.05, 0.1) is 5.56 Å². The zero-order chi connectivity index (χ0) is 24.9. The Hall–Kier alpha value is -2.45. The van der Waals surface area contributed by atoms with Gasteiger partial charge in [0.2, 0.25) is 5.75 Å². The Balaban J connectivity index is 1.58. The molecule has 0 spiro atoms. The first-order valence-corrected chi connectivity index (χ1v) is 11.4. The van der Waals surface area contributed by atoms with Crippen LogP contribution in [0.2, 0.25) is 0 Å². The molecule has 0 heterocycles. The molecule has 9 heteroatoms.